The van der Waals surface area contributed by atoms with E-state index in [1.807, 2.05) is 6.08 Å². The number of aromatic hydroxyl groups is 1. The summed E-state index contributed by atoms with van der Waals surface area (Å²) in [5, 5.41) is 9.41. The average Bonchev–Trinajstić information content (AvgIpc) is 3.10. The molecule has 162 valence electrons. The van der Waals surface area contributed by atoms with Gasteiger partial charge in [-0.05, 0) is 30.2 Å². The summed E-state index contributed by atoms with van der Waals surface area (Å²) in [6, 6.07) is 7.53. The molecular weight excluding hydrogens is 411 g/mol. The molecule has 0 bridgehead atoms. The zero-order chi connectivity index (χ0) is 21.9. The first-order valence-electron chi connectivity index (χ1n) is 9.78. The number of ether oxygens (including phenoxy) is 1. The van der Waals surface area contributed by atoms with Crippen molar-refractivity contribution in [2.45, 2.75) is 51.1 Å². The van der Waals surface area contributed by atoms with Crippen LogP contribution in [0.15, 0.2) is 41.5 Å². The molecule has 1 unspecified atom stereocenters. The highest BCUT2D eigenvalue weighted by atomic mass is 28.3. The number of dihydropyridines is 1. The van der Waals surface area contributed by atoms with Gasteiger partial charge in [0.2, 0.25) is 0 Å². The zero-order valence-electron chi connectivity index (χ0n) is 17.3. The molecule has 30 heavy (non-hydrogen) atoms. The van der Waals surface area contributed by atoms with Crippen molar-refractivity contribution in [3.8, 4) is 5.75 Å². The van der Waals surface area contributed by atoms with Crippen LogP contribution in [0.5, 0.6) is 5.75 Å². The highest BCUT2D eigenvalue weighted by Crippen LogP contribution is 2.32. The Morgan fingerprint density at radius 3 is 2.47 bits per heavy atom. The minimum Gasteiger partial charge on any atom is -0.508 e. The van der Waals surface area contributed by atoms with Crippen LogP contribution >= 0.6 is 0 Å². The lowest BCUT2D eigenvalue weighted by Gasteiger charge is -2.18. The van der Waals surface area contributed by atoms with Gasteiger partial charge in [0.25, 0.3) is 0 Å². The smallest absolute Gasteiger partial charge is 0.434 e. The Balaban J connectivity index is 1.76. The van der Waals surface area contributed by atoms with Gasteiger partial charge in [0, 0.05) is 32.7 Å². The third-order valence-electron chi connectivity index (χ3n) is 4.78. The number of rotatable bonds is 7. The molecule has 2 aromatic rings. The zero-order valence-corrected chi connectivity index (χ0v) is 18.3. The predicted molar refractivity (Wildman–Crippen MR) is 113 cm³/mol. The summed E-state index contributed by atoms with van der Waals surface area (Å²) in [7, 11) is -1.29. The summed E-state index contributed by atoms with van der Waals surface area (Å²) >= 11 is 0. The first-order valence-corrected chi connectivity index (χ1v) is 13.5. The second-order valence-corrected chi connectivity index (χ2v) is 14.2. The number of halogens is 3. The lowest BCUT2D eigenvalue weighted by molar-refractivity contribution is -0.141. The standard InChI is InChI=1S/C21H26F3N3O2Si/c1-30(2,3)11-10-29-14-27-13-19(21(22,23)24)26-20(27)16-6-9-18(25-12-16)15-4-7-17(28)8-5-15/h4-8,12-13,18,28H,9-11,14H2,1-3H3. The molecule has 1 aliphatic rings. The summed E-state index contributed by atoms with van der Waals surface area (Å²) in [6.45, 7) is 7.16. The Labute approximate surface area is 174 Å². The SMILES string of the molecule is C[Si](C)(C)CCOCn1cc(C(F)(F)F)nc1C1=CCC(c2ccc(O)cc2)N=C1. The van der Waals surface area contributed by atoms with Crippen LogP contribution in [0.4, 0.5) is 13.2 Å². The summed E-state index contributed by atoms with van der Waals surface area (Å²) in [6.07, 6.45) is 0.388. The van der Waals surface area contributed by atoms with Crippen LogP contribution in [0.2, 0.25) is 25.7 Å². The second kappa shape index (κ2) is 8.77. The van der Waals surface area contributed by atoms with E-state index in [0.29, 0.717) is 18.6 Å². The van der Waals surface area contributed by atoms with E-state index in [-0.39, 0.29) is 24.3 Å². The fraction of sp³-hybridized carbons (Fsp3) is 0.429. The molecule has 3 rings (SSSR count). The van der Waals surface area contributed by atoms with Crippen LogP contribution in [0.3, 0.4) is 0 Å². The third kappa shape index (κ3) is 5.82. The van der Waals surface area contributed by atoms with Crippen LogP contribution in [0.25, 0.3) is 5.57 Å². The molecule has 0 fully saturated rings. The molecule has 0 saturated heterocycles. The van der Waals surface area contributed by atoms with Crippen LogP contribution in [-0.4, -0.2) is 35.6 Å². The molecule has 2 heterocycles. The molecule has 5 nitrogen and oxygen atoms in total. The monoisotopic (exact) mass is 437 g/mol. The molecule has 1 atom stereocenters. The lowest BCUT2D eigenvalue weighted by atomic mass is 10.00. The van der Waals surface area contributed by atoms with Crippen LogP contribution in [0, 0.1) is 0 Å². The van der Waals surface area contributed by atoms with E-state index in [9.17, 15) is 18.3 Å². The maximum absolute atomic E-state index is 13.2. The van der Waals surface area contributed by atoms with Gasteiger partial charge in [0.05, 0.1) is 6.04 Å². The molecule has 0 aliphatic carbocycles. The Kier molecular flexibility index (Phi) is 6.52. The fourth-order valence-corrected chi connectivity index (χ4v) is 3.77. The van der Waals surface area contributed by atoms with Gasteiger partial charge in [0.15, 0.2) is 5.69 Å². The van der Waals surface area contributed by atoms with Gasteiger partial charge in [-0.2, -0.15) is 13.2 Å². The largest absolute Gasteiger partial charge is 0.508 e. The second-order valence-electron chi connectivity index (χ2n) is 8.55. The van der Waals surface area contributed by atoms with Crippen molar-refractivity contribution < 1.29 is 23.0 Å². The minimum absolute atomic E-state index is 0.00939. The molecule has 0 spiro atoms. The summed E-state index contributed by atoms with van der Waals surface area (Å²) in [4.78, 5) is 8.30. The van der Waals surface area contributed by atoms with Gasteiger partial charge in [-0.1, -0.05) is 37.8 Å². The summed E-state index contributed by atoms with van der Waals surface area (Å²) < 4.78 is 46.7. The van der Waals surface area contributed by atoms with Crippen molar-refractivity contribution in [1.82, 2.24) is 9.55 Å². The van der Waals surface area contributed by atoms with Crippen molar-refractivity contribution in [2.24, 2.45) is 4.99 Å². The molecule has 0 amide bonds. The Bertz CT molecular complexity index is 928. The van der Waals surface area contributed by atoms with Crippen molar-refractivity contribution in [3.05, 3.63) is 53.6 Å². The molecule has 1 aromatic carbocycles. The quantitative estimate of drug-likeness (QED) is 0.458. The lowest BCUT2D eigenvalue weighted by Crippen LogP contribution is -2.22. The average molecular weight is 438 g/mol. The van der Waals surface area contributed by atoms with Gasteiger partial charge in [0.1, 0.15) is 18.3 Å². The number of allylic oxidation sites excluding steroid dienone is 1. The van der Waals surface area contributed by atoms with Gasteiger partial charge in [-0.3, -0.25) is 4.99 Å². The predicted octanol–water partition coefficient (Wildman–Crippen LogP) is 5.52. The molecule has 1 N–H and O–H groups in total. The van der Waals surface area contributed by atoms with Crippen molar-refractivity contribution >= 4 is 19.9 Å². The van der Waals surface area contributed by atoms with Gasteiger partial charge in [-0.25, -0.2) is 4.98 Å². The molecular formula is C21H26F3N3O2Si. The molecule has 1 aromatic heterocycles. The minimum atomic E-state index is -4.53. The number of benzene rings is 1. The third-order valence-corrected chi connectivity index (χ3v) is 6.49. The van der Waals surface area contributed by atoms with Crippen LogP contribution < -0.4 is 0 Å². The van der Waals surface area contributed by atoms with E-state index in [1.165, 1.54) is 4.57 Å². The topological polar surface area (TPSA) is 59.6 Å². The number of phenols is 1. The number of imidazole rings is 1. The van der Waals surface area contributed by atoms with Crippen LogP contribution in [0.1, 0.15) is 29.5 Å². The van der Waals surface area contributed by atoms with E-state index in [0.717, 1.165) is 17.8 Å². The van der Waals surface area contributed by atoms with E-state index in [1.54, 1.807) is 30.5 Å². The number of hydrogen-bond donors (Lipinski definition) is 1. The maximum Gasteiger partial charge on any atom is 0.434 e. The Morgan fingerprint density at radius 1 is 1.20 bits per heavy atom. The normalized spacial score (nSPS) is 17.3. The summed E-state index contributed by atoms with van der Waals surface area (Å²) in [5.41, 5.74) is 0.518. The number of nitrogens with zero attached hydrogens (tertiary/aromatic N) is 3. The molecule has 9 heteroatoms. The first kappa shape index (κ1) is 22.3. The molecule has 0 radical (unpaired) electrons. The number of phenolic OH excluding ortho intramolecular Hbond substituents is 1. The van der Waals surface area contributed by atoms with E-state index in [2.05, 4.69) is 29.6 Å². The number of hydrogen-bond acceptors (Lipinski definition) is 4. The van der Waals surface area contributed by atoms with Gasteiger partial charge < -0.3 is 14.4 Å². The van der Waals surface area contributed by atoms with E-state index >= 15 is 0 Å². The van der Waals surface area contributed by atoms with E-state index < -0.39 is 19.9 Å². The Hall–Kier alpha value is -2.39. The van der Waals surface area contributed by atoms with Gasteiger partial charge >= 0.3 is 6.18 Å². The highest BCUT2D eigenvalue weighted by Gasteiger charge is 2.35. The highest BCUT2D eigenvalue weighted by molar-refractivity contribution is 6.76. The number of aromatic nitrogens is 2. The Morgan fingerprint density at radius 2 is 1.90 bits per heavy atom. The fourth-order valence-electron chi connectivity index (χ4n) is 3.01. The van der Waals surface area contributed by atoms with E-state index in [4.69, 9.17) is 4.74 Å². The van der Waals surface area contributed by atoms with Gasteiger partial charge in [-0.15, -0.1) is 0 Å². The molecule has 1 aliphatic heterocycles. The maximum atomic E-state index is 13.2. The van der Waals surface area contributed by atoms with Crippen molar-refractivity contribution in [2.75, 3.05) is 6.61 Å². The number of aliphatic imine (C=N–C) groups is 1. The summed E-state index contributed by atoms with van der Waals surface area (Å²) in [5.74, 6) is 0.369. The number of alkyl halides is 3. The first-order chi connectivity index (χ1) is 14.0. The van der Waals surface area contributed by atoms with Crippen molar-refractivity contribution in [1.29, 1.82) is 0 Å². The van der Waals surface area contributed by atoms with Crippen molar-refractivity contribution in [3.63, 3.8) is 0 Å². The molecule has 0 saturated carbocycles. The van der Waals surface area contributed by atoms with Crippen LogP contribution in [-0.2, 0) is 17.6 Å².